The molecule has 0 saturated carbocycles. The smallest absolute Gasteiger partial charge is 0.228 e. The Morgan fingerprint density at radius 2 is 1.91 bits per heavy atom. The van der Waals surface area contributed by atoms with Gasteiger partial charge in [-0.05, 0) is 31.0 Å². The fourth-order valence-electron chi connectivity index (χ4n) is 2.83. The van der Waals surface area contributed by atoms with E-state index in [9.17, 15) is 14.7 Å². The number of aromatic nitrogens is 1. The van der Waals surface area contributed by atoms with Gasteiger partial charge >= 0.3 is 0 Å². The number of nitrogens with zero attached hydrogens (tertiary/aromatic N) is 1. The molecule has 2 aromatic rings. The van der Waals surface area contributed by atoms with Crippen LogP contribution in [0.2, 0.25) is 0 Å². The van der Waals surface area contributed by atoms with Crippen LogP contribution in [0, 0.1) is 11.8 Å². The van der Waals surface area contributed by atoms with Crippen molar-refractivity contribution in [3.8, 4) is 0 Å². The summed E-state index contributed by atoms with van der Waals surface area (Å²) in [5, 5.41) is 14.9. The third-order valence-electron chi connectivity index (χ3n) is 4.05. The first-order valence-corrected chi connectivity index (χ1v) is 8.07. The number of amides is 1. The fourth-order valence-corrected chi connectivity index (χ4v) is 3.28. The fraction of sp³-hybridized carbons (Fsp3) is 0.235. The highest BCUT2D eigenvalue weighted by Gasteiger charge is 2.30. The zero-order chi connectivity index (χ0) is 16.4. The summed E-state index contributed by atoms with van der Waals surface area (Å²) >= 11 is 3.45. The number of nitrogens with one attached hydrogen (secondary N) is 1. The molecule has 5 nitrogen and oxygen atoms in total. The van der Waals surface area contributed by atoms with Crippen LogP contribution < -0.4 is 10.4 Å². The summed E-state index contributed by atoms with van der Waals surface area (Å²) in [5.41, 5.74) is 1.23. The summed E-state index contributed by atoms with van der Waals surface area (Å²) < 4.78 is 0.881. The average Bonchev–Trinajstić information content (AvgIpc) is 2.57. The van der Waals surface area contributed by atoms with E-state index < -0.39 is 17.8 Å². The molecule has 0 radical (unpaired) electrons. The largest absolute Gasteiger partial charge is 0.550 e. The first kappa shape index (κ1) is 15.7. The molecule has 0 fully saturated rings. The van der Waals surface area contributed by atoms with Gasteiger partial charge in [0.1, 0.15) is 0 Å². The Labute approximate surface area is 141 Å². The molecule has 6 heteroatoms. The number of hydrogen-bond donors (Lipinski definition) is 1. The number of carbonyl (C=O) groups excluding carboxylic acids is 2. The Morgan fingerprint density at radius 3 is 2.65 bits per heavy atom. The van der Waals surface area contributed by atoms with Crippen LogP contribution in [0.4, 0.5) is 5.69 Å². The molecule has 1 N–H and O–H groups in total. The lowest BCUT2D eigenvalue weighted by Crippen LogP contribution is -2.41. The van der Waals surface area contributed by atoms with Gasteiger partial charge in [-0.25, -0.2) is 0 Å². The summed E-state index contributed by atoms with van der Waals surface area (Å²) in [7, 11) is 0. The van der Waals surface area contributed by atoms with Gasteiger partial charge in [-0.15, -0.1) is 0 Å². The first-order valence-electron chi connectivity index (χ1n) is 7.28. The number of halogens is 1. The third-order valence-corrected chi connectivity index (χ3v) is 4.74. The number of benzene rings is 1. The molecule has 2 atom stereocenters. The van der Waals surface area contributed by atoms with Crippen LogP contribution >= 0.6 is 15.9 Å². The topological polar surface area (TPSA) is 82.1 Å². The second-order valence-corrected chi connectivity index (χ2v) is 6.31. The van der Waals surface area contributed by atoms with Crippen LogP contribution in [0.5, 0.6) is 0 Å². The van der Waals surface area contributed by atoms with Crippen LogP contribution in [0.1, 0.15) is 12.8 Å². The molecular weight excluding hydrogens is 360 g/mol. The van der Waals surface area contributed by atoms with Gasteiger partial charge in [0.05, 0.1) is 17.1 Å². The molecule has 0 bridgehead atoms. The van der Waals surface area contributed by atoms with Gasteiger partial charge in [-0.2, -0.15) is 0 Å². The number of carboxylic acid groups (broad SMARTS) is 1. The van der Waals surface area contributed by atoms with Gasteiger partial charge in [0.2, 0.25) is 5.91 Å². The molecule has 1 aliphatic carbocycles. The van der Waals surface area contributed by atoms with Crippen molar-refractivity contribution < 1.29 is 14.7 Å². The SMILES string of the molecule is O=C([O-])[C@H]1CC=CC[C@H]1C(=O)Nc1ccc(Br)c2cccnc12. The minimum absolute atomic E-state index is 0.319. The summed E-state index contributed by atoms with van der Waals surface area (Å²) in [5.74, 6) is -2.94. The van der Waals surface area contributed by atoms with Gasteiger partial charge < -0.3 is 15.2 Å². The van der Waals surface area contributed by atoms with E-state index in [0.717, 1.165) is 9.86 Å². The highest BCUT2D eigenvalue weighted by molar-refractivity contribution is 9.10. The molecule has 118 valence electrons. The zero-order valence-corrected chi connectivity index (χ0v) is 13.7. The standard InChI is InChI=1S/C17H15BrN2O3/c18-13-7-8-14(15-12(13)6-3-9-19-15)20-16(21)10-4-1-2-5-11(10)17(22)23/h1-3,6-11H,4-5H2,(H,20,21)(H,22,23)/p-1/t10-,11+/m1/s1. The Bertz CT molecular complexity index is 804. The van der Waals surface area contributed by atoms with Crippen LogP contribution in [-0.4, -0.2) is 16.9 Å². The number of allylic oxidation sites excluding steroid dienone is 2. The molecule has 1 heterocycles. The van der Waals surface area contributed by atoms with E-state index in [2.05, 4.69) is 26.2 Å². The maximum Gasteiger partial charge on any atom is 0.228 e. The lowest BCUT2D eigenvalue weighted by Gasteiger charge is -2.28. The summed E-state index contributed by atoms with van der Waals surface area (Å²) in [6, 6.07) is 7.30. The molecule has 1 amide bonds. The Morgan fingerprint density at radius 1 is 1.17 bits per heavy atom. The van der Waals surface area contributed by atoms with Crippen molar-refractivity contribution in [3.05, 3.63) is 47.1 Å². The molecule has 0 spiro atoms. The van der Waals surface area contributed by atoms with Gasteiger partial charge in [0.25, 0.3) is 0 Å². The molecule has 1 aromatic heterocycles. The van der Waals surface area contributed by atoms with E-state index in [4.69, 9.17) is 0 Å². The maximum absolute atomic E-state index is 12.5. The monoisotopic (exact) mass is 373 g/mol. The van der Waals surface area contributed by atoms with Crippen molar-refractivity contribution in [1.82, 2.24) is 4.98 Å². The van der Waals surface area contributed by atoms with Crippen LogP contribution in [0.3, 0.4) is 0 Å². The number of pyridine rings is 1. The number of anilines is 1. The summed E-state index contributed by atoms with van der Waals surface area (Å²) in [6.07, 6.45) is 5.98. The number of aliphatic carboxylic acids is 1. The second-order valence-electron chi connectivity index (χ2n) is 5.46. The van der Waals surface area contributed by atoms with Gasteiger partial charge in [0, 0.05) is 27.9 Å². The van der Waals surface area contributed by atoms with Crippen molar-refractivity contribution in [2.75, 3.05) is 5.32 Å². The molecule has 0 aliphatic heterocycles. The van der Waals surface area contributed by atoms with Crippen molar-refractivity contribution in [2.24, 2.45) is 11.8 Å². The van der Waals surface area contributed by atoms with E-state index in [-0.39, 0.29) is 5.91 Å². The van der Waals surface area contributed by atoms with E-state index in [0.29, 0.717) is 24.0 Å². The van der Waals surface area contributed by atoms with Crippen molar-refractivity contribution in [1.29, 1.82) is 0 Å². The first-order chi connectivity index (χ1) is 11.1. The Kier molecular flexibility index (Phi) is 4.43. The normalized spacial score (nSPS) is 20.4. The number of fused-ring (bicyclic) bond motifs is 1. The zero-order valence-electron chi connectivity index (χ0n) is 12.2. The number of carbonyl (C=O) groups is 2. The third kappa shape index (κ3) is 3.12. The van der Waals surface area contributed by atoms with Gasteiger partial charge in [-0.1, -0.05) is 34.1 Å². The quantitative estimate of drug-likeness (QED) is 0.836. The van der Waals surface area contributed by atoms with Crippen LogP contribution in [-0.2, 0) is 9.59 Å². The van der Waals surface area contributed by atoms with E-state index in [1.807, 2.05) is 24.3 Å². The molecule has 1 aromatic carbocycles. The Balaban J connectivity index is 1.90. The summed E-state index contributed by atoms with van der Waals surface area (Å²) in [4.78, 5) is 28.1. The van der Waals surface area contributed by atoms with Crippen LogP contribution in [0.25, 0.3) is 10.9 Å². The highest BCUT2D eigenvalue weighted by atomic mass is 79.9. The second kappa shape index (κ2) is 6.50. The van der Waals surface area contributed by atoms with Crippen LogP contribution in [0.15, 0.2) is 47.1 Å². The lowest BCUT2D eigenvalue weighted by atomic mass is 9.82. The molecule has 23 heavy (non-hydrogen) atoms. The minimum atomic E-state index is -1.19. The van der Waals surface area contributed by atoms with Gasteiger partial charge in [-0.3, -0.25) is 9.78 Å². The van der Waals surface area contributed by atoms with Crippen molar-refractivity contribution in [3.63, 3.8) is 0 Å². The maximum atomic E-state index is 12.5. The minimum Gasteiger partial charge on any atom is -0.550 e. The van der Waals surface area contributed by atoms with E-state index >= 15 is 0 Å². The average molecular weight is 374 g/mol. The summed E-state index contributed by atoms with van der Waals surface area (Å²) in [6.45, 7) is 0. The van der Waals surface area contributed by atoms with E-state index in [1.54, 1.807) is 18.3 Å². The Hall–Kier alpha value is -2.21. The molecule has 0 unspecified atom stereocenters. The van der Waals surface area contributed by atoms with Crippen molar-refractivity contribution >= 4 is 44.4 Å². The number of hydrogen-bond acceptors (Lipinski definition) is 4. The molecular formula is C17H14BrN2O3-. The molecule has 0 saturated heterocycles. The lowest BCUT2D eigenvalue weighted by molar-refractivity contribution is -0.313. The molecule has 1 aliphatic rings. The number of rotatable bonds is 3. The molecule has 3 rings (SSSR count). The van der Waals surface area contributed by atoms with Gasteiger partial charge in [0.15, 0.2) is 0 Å². The predicted molar refractivity (Wildman–Crippen MR) is 88.4 cm³/mol. The number of carboxylic acids is 1. The van der Waals surface area contributed by atoms with E-state index in [1.165, 1.54) is 0 Å². The highest BCUT2D eigenvalue weighted by Crippen LogP contribution is 2.31. The predicted octanol–water partition coefficient (Wildman–Crippen LogP) is 2.27. The van der Waals surface area contributed by atoms with Crippen molar-refractivity contribution in [2.45, 2.75) is 12.8 Å².